The highest BCUT2D eigenvalue weighted by atomic mass is 32.1. The first-order valence-corrected chi connectivity index (χ1v) is 21.7. The van der Waals surface area contributed by atoms with E-state index in [1.807, 2.05) is 11.3 Å². The largest absolute Gasteiger partial charge is 0.324 e. The zero-order valence-corrected chi connectivity index (χ0v) is 33.7. The molecule has 1 aromatic heterocycles. The average Bonchev–Trinajstić information content (AvgIpc) is 3.96. The van der Waals surface area contributed by atoms with E-state index in [9.17, 15) is 0 Å². The normalized spacial score (nSPS) is 16.8. The molecule has 1 aliphatic rings. The second-order valence-electron chi connectivity index (χ2n) is 16.0. The second-order valence-corrected chi connectivity index (χ2v) is 16.9. The zero-order chi connectivity index (χ0) is 39.6. The van der Waals surface area contributed by atoms with E-state index < -0.39 is 5.54 Å². The third kappa shape index (κ3) is 5.24. The molecule has 2 unspecified atom stereocenters. The molecule has 1 aliphatic heterocycles. The number of rotatable bonds is 6. The Kier molecular flexibility index (Phi) is 8.08. The molecule has 11 aromatic rings. The average molecular weight is 782 g/mol. The lowest BCUT2D eigenvalue weighted by atomic mass is 9.69. The van der Waals surface area contributed by atoms with Crippen molar-refractivity contribution in [3.63, 3.8) is 0 Å². The van der Waals surface area contributed by atoms with E-state index in [-0.39, 0.29) is 5.92 Å². The summed E-state index contributed by atoms with van der Waals surface area (Å²) in [6.45, 7) is 0. The lowest BCUT2D eigenvalue weighted by Gasteiger charge is -2.46. The van der Waals surface area contributed by atoms with Gasteiger partial charge < -0.3 is 4.90 Å². The van der Waals surface area contributed by atoms with E-state index in [2.05, 4.69) is 235 Å². The molecule has 0 saturated heterocycles. The first-order valence-electron chi connectivity index (χ1n) is 20.8. The van der Waals surface area contributed by atoms with Gasteiger partial charge in [-0.1, -0.05) is 188 Å². The van der Waals surface area contributed by atoms with Crippen LogP contribution in [0.4, 0.5) is 5.69 Å². The minimum absolute atomic E-state index is 0.157. The van der Waals surface area contributed by atoms with Crippen molar-refractivity contribution >= 4 is 82.2 Å². The molecule has 282 valence electrons. The van der Waals surface area contributed by atoms with Crippen LogP contribution in [0.1, 0.15) is 33.0 Å². The van der Waals surface area contributed by atoms with E-state index >= 15 is 0 Å². The number of nitrogens with zero attached hydrogens (tertiary/aromatic N) is 1. The molecule has 0 amide bonds. The fourth-order valence-electron chi connectivity index (χ4n) is 10.3. The van der Waals surface area contributed by atoms with Crippen LogP contribution in [-0.4, -0.2) is 0 Å². The minimum Gasteiger partial charge on any atom is -0.324 e. The van der Waals surface area contributed by atoms with Crippen LogP contribution in [-0.2, 0) is 5.54 Å². The van der Waals surface area contributed by atoms with Crippen molar-refractivity contribution in [3.8, 4) is 0 Å². The van der Waals surface area contributed by atoms with Crippen LogP contribution in [0.25, 0.3) is 65.1 Å². The highest BCUT2D eigenvalue weighted by Gasteiger charge is 2.58. The first-order chi connectivity index (χ1) is 29.8. The maximum atomic E-state index is 2.77. The van der Waals surface area contributed by atoms with E-state index in [4.69, 9.17) is 0 Å². The maximum Gasteiger partial charge on any atom is 0.116 e. The van der Waals surface area contributed by atoms with Gasteiger partial charge in [0, 0.05) is 21.7 Å². The Bertz CT molecular complexity index is 3430. The van der Waals surface area contributed by atoms with E-state index in [0.717, 1.165) is 0 Å². The molecular weight excluding hydrogens is 743 g/mol. The van der Waals surface area contributed by atoms with Crippen LogP contribution in [0.3, 0.4) is 0 Å². The topological polar surface area (TPSA) is 3.24 Å². The molecule has 0 fully saturated rings. The summed E-state index contributed by atoms with van der Waals surface area (Å²) in [4.78, 5) is 4.06. The van der Waals surface area contributed by atoms with Crippen molar-refractivity contribution < 1.29 is 0 Å². The van der Waals surface area contributed by atoms with Crippen molar-refractivity contribution in [2.75, 3.05) is 4.90 Å². The van der Waals surface area contributed by atoms with Crippen LogP contribution >= 0.6 is 11.3 Å². The van der Waals surface area contributed by atoms with Gasteiger partial charge in [-0.2, -0.15) is 0 Å². The van der Waals surface area contributed by atoms with Gasteiger partial charge in [0.25, 0.3) is 0 Å². The van der Waals surface area contributed by atoms with E-state index in [1.54, 1.807) is 0 Å². The Morgan fingerprint density at radius 3 is 1.65 bits per heavy atom. The monoisotopic (exact) mass is 781 g/mol. The summed E-state index contributed by atoms with van der Waals surface area (Å²) in [5.41, 5.74) is 7.97. The van der Waals surface area contributed by atoms with Crippen LogP contribution in [0.2, 0.25) is 0 Å². The molecule has 2 atom stereocenters. The smallest absolute Gasteiger partial charge is 0.116 e. The zero-order valence-electron chi connectivity index (χ0n) is 32.9. The minimum atomic E-state index is -0.723. The lowest BCUT2D eigenvalue weighted by molar-refractivity contribution is 0.516. The van der Waals surface area contributed by atoms with Crippen LogP contribution in [0.15, 0.2) is 230 Å². The van der Waals surface area contributed by atoms with Gasteiger partial charge in [0.2, 0.25) is 0 Å². The van der Waals surface area contributed by atoms with Gasteiger partial charge >= 0.3 is 0 Å². The SMILES string of the molecule is c1ccc(C2=C(c3cccc4cc5ccccc5cc34)N(c3cccc4ccccc34)C(c3ccccc3)(c3cccs3)C2c2cccc3cc4ccccc4cc23)cc1. The fraction of sp³-hybridized carbons (Fsp3) is 0.0345. The van der Waals surface area contributed by atoms with Gasteiger partial charge in [0.1, 0.15) is 5.54 Å². The summed E-state index contributed by atoms with van der Waals surface area (Å²) in [5, 5.41) is 14.7. The predicted molar refractivity (Wildman–Crippen MR) is 257 cm³/mol. The highest BCUT2D eigenvalue weighted by molar-refractivity contribution is 7.10. The number of hydrogen-bond acceptors (Lipinski definition) is 2. The summed E-state index contributed by atoms with van der Waals surface area (Å²) in [5.74, 6) is -0.157. The Labute approximate surface area is 353 Å². The first kappa shape index (κ1) is 34.8. The molecule has 0 saturated carbocycles. The number of thiophene rings is 1. The molecular formula is C58H39NS. The van der Waals surface area contributed by atoms with Crippen LogP contribution in [0, 0.1) is 0 Å². The third-order valence-electron chi connectivity index (χ3n) is 12.8. The van der Waals surface area contributed by atoms with Gasteiger partial charge in [-0.25, -0.2) is 0 Å². The number of anilines is 1. The molecule has 0 N–H and O–H groups in total. The molecule has 12 rings (SSSR count). The highest BCUT2D eigenvalue weighted by Crippen LogP contribution is 2.65. The molecule has 2 heterocycles. The van der Waals surface area contributed by atoms with Gasteiger partial charge in [-0.05, 0) is 113 Å². The Morgan fingerprint density at radius 2 is 0.950 bits per heavy atom. The second kappa shape index (κ2) is 13.9. The van der Waals surface area contributed by atoms with Crippen LogP contribution in [0.5, 0.6) is 0 Å². The van der Waals surface area contributed by atoms with Gasteiger partial charge in [-0.15, -0.1) is 11.3 Å². The van der Waals surface area contributed by atoms with Crippen molar-refractivity contribution in [2.24, 2.45) is 0 Å². The summed E-state index contributed by atoms with van der Waals surface area (Å²) < 4.78 is 0. The van der Waals surface area contributed by atoms with Crippen molar-refractivity contribution in [1.82, 2.24) is 0 Å². The van der Waals surface area contributed by atoms with Gasteiger partial charge in [-0.3, -0.25) is 0 Å². The standard InChI is InChI=1S/C58H39NS/c1-3-18-40(19-4-1)55-56(49-30-13-25-45-35-41-20-7-9-22-43(41)37-51(45)49)58(54-33-16-34-60-54,47-27-5-2-6-28-47)59(53-32-15-24-39-17-11-12-29-48(39)53)57(55)50-31-14-26-46-36-42-21-8-10-23-44(42)38-52(46)50/h1-38,56H. The summed E-state index contributed by atoms with van der Waals surface area (Å²) in [6.07, 6.45) is 0. The maximum absolute atomic E-state index is 2.77. The molecule has 0 bridgehead atoms. The quantitative estimate of drug-likeness (QED) is 0.152. The summed E-state index contributed by atoms with van der Waals surface area (Å²) >= 11 is 1.86. The number of benzene rings is 10. The lowest BCUT2D eigenvalue weighted by Crippen LogP contribution is -2.46. The number of fused-ring (bicyclic) bond motifs is 5. The van der Waals surface area contributed by atoms with Gasteiger partial charge in [0.05, 0.1) is 11.4 Å². The van der Waals surface area contributed by atoms with Crippen molar-refractivity contribution in [3.05, 3.63) is 257 Å². The fourth-order valence-corrected chi connectivity index (χ4v) is 11.3. The van der Waals surface area contributed by atoms with E-state index in [0.29, 0.717) is 0 Å². The van der Waals surface area contributed by atoms with Crippen LogP contribution < -0.4 is 4.90 Å². The summed E-state index contributed by atoms with van der Waals surface area (Å²) in [6, 6.07) is 84.0. The Hall–Kier alpha value is -7.26. The molecule has 0 aliphatic carbocycles. The molecule has 60 heavy (non-hydrogen) atoms. The molecule has 0 radical (unpaired) electrons. The molecule has 1 nitrogen and oxygen atoms in total. The van der Waals surface area contributed by atoms with Crippen molar-refractivity contribution in [2.45, 2.75) is 11.5 Å². The summed E-state index contributed by atoms with van der Waals surface area (Å²) in [7, 11) is 0. The Balaban J connectivity index is 1.34. The third-order valence-corrected chi connectivity index (χ3v) is 13.8. The molecule has 10 aromatic carbocycles. The van der Waals surface area contributed by atoms with E-state index in [1.165, 1.54) is 98.0 Å². The molecule has 2 heteroatoms. The predicted octanol–water partition coefficient (Wildman–Crippen LogP) is 15.6. The van der Waals surface area contributed by atoms with Crippen molar-refractivity contribution in [1.29, 1.82) is 0 Å². The molecule has 0 spiro atoms. The van der Waals surface area contributed by atoms with Gasteiger partial charge in [0.15, 0.2) is 0 Å². The Morgan fingerprint density at radius 1 is 0.400 bits per heavy atom. The number of hydrogen-bond donors (Lipinski definition) is 0.